The van der Waals surface area contributed by atoms with E-state index in [0.29, 0.717) is 0 Å². The van der Waals surface area contributed by atoms with Gasteiger partial charge in [-0.15, -0.1) is 0 Å². The van der Waals surface area contributed by atoms with E-state index in [1.165, 1.54) is 16.7 Å². The highest BCUT2D eigenvalue weighted by molar-refractivity contribution is 5.61. The fraction of sp³-hybridized carbons (Fsp3) is 0.267. The number of hydrogen-bond acceptors (Lipinski definition) is 2. The van der Waals surface area contributed by atoms with Crippen LogP contribution in [0.3, 0.4) is 0 Å². The normalized spacial score (nSPS) is 13.9. The van der Waals surface area contributed by atoms with E-state index in [1.807, 2.05) is 12.3 Å². The number of aromatic nitrogens is 2. The molecule has 1 aliphatic rings. The van der Waals surface area contributed by atoms with E-state index in [2.05, 4.69) is 28.2 Å². The molecule has 18 heavy (non-hydrogen) atoms. The van der Waals surface area contributed by atoms with Crippen molar-refractivity contribution in [2.45, 2.75) is 19.3 Å². The van der Waals surface area contributed by atoms with Crippen molar-refractivity contribution in [3.8, 4) is 5.75 Å². The van der Waals surface area contributed by atoms with Gasteiger partial charge >= 0.3 is 0 Å². The topological polar surface area (TPSA) is 37.9 Å². The number of aryl methyl sites for hydroxylation is 1. The lowest BCUT2D eigenvalue weighted by molar-refractivity contribution is 0.414. The van der Waals surface area contributed by atoms with Gasteiger partial charge in [0.2, 0.25) is 0 Å². The Hall–Kier alpha value is -2.03. The lowest BCUT2D eigenvalue weighted by atomic mass is 9.90. The third kappa shape index (κ3) is 2.16. The maximum absolute atomic E-state index is 5.26. The highest BCUT2D eigenvalue weighted by atomic mass is 16.5. The van der Waals surface area contributed by atoms with Crippen molar-refractivity contribution in [2.75, 3.05) is 7.11 Å². The second-order valence-electron chi connectivity index (χ2n) is 4.58. The number of ether oxygens (including phenoxy) is 1. The molecule has 0 aliphatic heterocycles. The summed E-state index contributed by atoms with van der Waals surface area (Å²) in [5.41, 5.74) is 4.11. The third-order valence-corrected chi connectivity index (χ3v) is 3.37. The van der Waals surface area contributed by atoms with Gasteiger partial charge in [-0.3, -0.25) is 0 Å². The van der Waals surface area contributed by atoms with E-state index in [1.54, 1.807) is 13.3 Å². The average molecular weight is 240 g/mol. The SMILES string of the molecule is COc1ccc2c(c1)CCC(Cc1ncc[nH]1)=C2. The smallest absolute Gasteiger partial charge is 0.119 e. The van der Waals surface area contributed by atoms with Crippen LogP contribution in [0.2, 0.25) is 0 Å². The second-order valence-corrected chi connectivity index (χ2v) is 4.58. The molecule has 0 saturated heterocycles. The lowest BCUT2D eigenvalue weighted by Gasteiger charge is -2.16. The molecular weight excluding hydrogens is 224 g/mol. The molecular formula is C15H16N2O. The molecule has 92 valence electrons. The number of methoxy groups -OCH3 is 1. The average Bonchev–Trinajstić information content (AvgIpc) is 2.91. The molecule has 1 aromatic heterocycles. The Morgan fingerprint density at radius 2 is 2.28 bits per heavy atom. The lowest BCUT2D eigenvalue weighted by Crippen LogP contribution is -2.03. The van der Waals surface area contributed by atoms with Gasteiger partial charge in [-0.1, -0.05) is 17.7 Å². The van der Waals surface area contributed by atoms with Crippen molar-refractivity contribution >= 4 is 6.08 Å². The molecule has 1 aromatic carbocycles. The van der Waals surface area contributed by atoms with Crippen molar-refractivity contribution in [3.63, 3.8) is 0 Å². The summed E-state index contributed by atoms with van der Waals surface area (Å²) < 4.78 is 5.26. The minimum absolute atomic E-state index is 0.915. The van der Waals surface area contributed by atoms with Gasteiger partial charge in [0.1, 0.15) is 11.6 Å². The number of rotatable bonds is 3. The maximum Gasteiger partial charge on any atom is 0.119 e. The summed E-state index contributed by atoms with van der Waals surface area (Å²) in [6, 6.07) is 6.29. The van der Waals surface area contributed by atoms with Crippen LogP contribution in [0.5, 0.6) is 5.75 Å². The van der Waals surface area contributed by atoms with Gasteiger partial charge in [0, 0.05) is 18.8 Å². The summed E-state index contributed by atoms with van der Waals surface area (Å²) in [5.74, 6) is 1.98. The van der Waals surface area contributed by atoms with Crippen molar-refractivity contribution in [1.29, 1.82) is 0 Å². The van der Waals surface area contributed by atoms with Crippen LogP contribution in [0.25, 0.3) is 6.08 Å². The van der Waals surface area contributed by atoms with Crippen LogP contribution < -0.4 is 4.74 Å². The Balaban J connectivity index is 1.85. The Morgan fingerprint density at radius 3 is 3.06 bits per heavy atom. The maximum atomic E-state index is 5.26. The molecule has 1 heterocycles. The van der Waals surface area contributed by atoms with E-state index in [9.17, 15) is 0 Å². The number of imidazole rings is 1. The molecule has 0 unspecified atom stereocenters. The zero-order valence-corrected chi connectivity index (χ0v) is 10.4. The Bertz CT molecular complexity index is 570. The summed E-state index contributed by atoms with van der Waals surface area (Å²) in [4.78, 5) is 7.43. The van der Waals surface area contributed by atoms with Gasteiger partial charge in [-0.05, 0) is 36.1 Å². The second kappa shape index (κ2) is 4.69. The summed E-state index contributed by atoms with van der Waals surface area (Å²) >= 11 is 0. The van der Waals surface area contributed by atoms with Crippen LogP contribution in [0.4, 0.5) is 0 Å². The van der Waals surface area contributed by atoms with E-state index < -0.39 is 0 Å². The molecule has 3 rings (SSSR count). The number of nitrogens with one attached hydrogen (secondary N) is 1. The number of benzene rings is 1. The first-order chi connectivity index (χ1) is 8.85. The Labute approximate surface area is 107 Å². The molecule has 0 bridgehead atoms. The molecule has 3 heteroatoms. The van der Waals surface area contributed by atoms with E-state index in [0.717, 1.165) is 30.8 Å². The first-order valence-electron chi connectivity index (χ1n) is 6.20. The van der Waals surface area contributed by atoms with Crippen LogP contribution in [0.15, 0.2) is 36.2 Å². The molecule has 0 spiro atoms. The molecule has 3 nitrogen and oxygen atoms in total. The molecule has 1 aliphatic carbocycles. The minimum atomic E-state index is 0.915. The van der Waals surface area contributed by atoms with Crippen LogP contribution in [-0.4, -0.2) is 17.1 Å². The predicted octanol–water partition coefficient (Wildman–Crippen LogP) is 2.99. The molecule has 1 N–H and O–H groups in total. The molecule has 0 amide bonds. The third-order valence-electron chi connectivity index (χ3n) is 3.37. The molecule has 0 radical (unpaired) electrons. The van der Waals surface area contributed by atoms with E-state index in [-0.39, 0.29) is 0 Å². The zero-order chi connectivity index (χ0) is 12.4. The molecule has 2 aromatic rings. The summed E-state index contributed by atoms with van der Waals surface area (Å²) in [6.07, 6.45) is 9.05. The molecule has 0 fully saturated rings. The first kappa shape index (κ1) is 11.1. The number of allylic oxidation sites excluding steroid dienone is 1. The van der Waals surface area contributed by atoms with Crippen LogP contribution in [0, 0.1) is 0 Å². The molecule has 0 atom stereocenters. The first-order valence-corrected chi connectivity index (χ1v) is 6.20. The summed E-state index contributed by atoms with van der Waals surface area (Å²) in [7, 11) is 1.71. The van der Waals surface area contributed by atoms with Crippen molar-refractivity contribution in [2.24, 2.45) is 0 Å². The number of aromatic amines is 1. The van der Waals surface area contributed by atoms with Crippen LogP contribution in [-0.2, 0) is 12.8 Å². The van der Waals surface area contributed by atoms with Crippen molar-refractivity contribution < 1.29 is 4.74 Å². The predicted molar refractivity (Wildman–Crippen MR) is 71.6 cm³/mol. The summed E-state index contributed by atoms with van der Waals surface area (Å²) in [6.45, 7) is 0. The van der Waals surface area contributed by atoms with E-state index >= 15 is 0 Å². The number of H-pyrrole nitrogens is 1. The number of hydrogen-bond donors (Lipinski definition) is 1. The Morgan fingerprint density at radius 1 is 1.33 bits per heavy atom. The highest BCUT2D eigenvalue weighted by Gasteiger charge is 2.12. The van der Waals surface area contributed by atoms with Gasteiger partial charge in [-0.2, -0.15) is 0 Å². The fourth-order valence-electron chi connectivity index (χ4n) is 2.40. The largest absolute Gasteiger partial charge is 0.497 e. The fourth-order valence-corrected chi connectivity index (χ4v) is 2.40. The number of fused-ring (bicyclic) bond motifs is 1. The zero-order valence-electron chi connectivity index (χ0n) is 10.4. The van der Waals surface area contributed by atoms with Gasteiger partial charge < -0.3 is 9.72 Å². The van der Waals surface area contributed by atoms with Gasteiger partial charge in [0.25, 0.3) is 0 Å². The van der Waals surface area contributed by atoms with Gasteiger partial charge in [0.15, 0.2) is 0 Å². The van der Waals surface area contributed by atoms with E-state index in [4.69, 9.17) is 4.74 Å². The quantitative estimate of drug-likeness (QED) is 0.895. The van der Waals surface area contributed by atoms with Crippen molar-refractivity contribution in [1.82, 2.24) is 9.97 Å². The Kier molecular flexibility index (Phi) is 2.89. The summed E-state index contributed by atoms with van der Waals surface area (Å²) in [5, 5.41) is 0. The number of nitrogens with zero attached hydrogens (tertiary/aromatic N) is 1. The van der Waals surface area contributed by atoms with Crippen molar-refractivity contribution in [3.05, 3.63) is 53.1 Å². The monoisotopic (exact) mass is 240 g/mol. The van der Waals surface area contributed by atoms with Crippen LogP contribution in [0.1, 0.15) is 23.4 Å². The standard InChI is InChI=1S/C15H16N2O/c1-18-14-5-4-12-8-11(2-3-13(12)10-14)9-15-16-6-7-17-15/h4-8,10H,2-3,9H2,1H3,(H,16,17). The van der Waals surface area contributed by atoms with Gasteiger partial charge in [0.05, 0.1) is 7.11 Å². The highest BCUT2D eigenvalue weighted by Crippen LogP contribution is 2.28. The molecule has 0 saturated carbocycles. The minimum Gasteiger partial charge on any atom is -0.497 e. The van der Waals surface area contributed by atoms with Gasteiger partial charge in [-0.25, -0.2) is 4.98 Å². The van der Waals surface area contributed by atoms with Crippen LogP contribution >= 0.6 is 0 Å².